The van der Waals surface area contributed by atoms with Crippen molar-refractivity contribution in [3.8, 4) is 0 Å². The quantitative estimate of drug-likeness (QED) is 0.174. The van der Waals surface area contributed by atoms with E-state index in [0.29, 0.717) is 49.0 Å². The highest BCUT2D eigenvalue weighted by Gasteiger charge is 2.50. The number of aliphatic hydroxyl groups excluding tert-OH is 1. The van der Waals surface area contributed by atoms with E-state index in [0.717, 1.165) is 38.5 Å². The molecule has 0 bridgehead atoms. The molecule has 0 saturated carbocycles. The van der Waals surface area contributed by atoms with Crippen LogP contribution in [0.4, 0.5) is 11.8 Å². The molecule has 236 valence electrons. The van der Waals surface area contributed by atoms with E-state index in [1.165, 1.54) is 18.0 Å². The van der Waals surface area contributed by atoms with Gasteiger partial charge in [-0.15, -0.1) is 10.2 Å². The third-order valence-corrected chi connectivity index (χ3v) is 7.46. The van der Waals surface area contributed by atoms with Crippen molar-refractivity contribution in [2.45, 2.75) is 51.4 Å². The summed E-state index contributed by atoms with van der Waals surface area (Å²) >= 11 is 0. The molecule has 18 nitrogen and oxygen atoms in total. The van der Waals surface area contributed by atoms with Crippen LogP contribution in [0.15, 0.2) is 18.9 Å². The maximum Gasteiger partial charge on any atom is 0.303 e. The van der Waals surface area contributed by atoms with Crippen LogP contribution in [-0.2, 0) is 39.0 Å². The summed E-state index contributed by atoms with van der Waals surface area (Å²) in [7, 11) is 1.93. The molecule has 18 heteroatoms. The first-order valence-electron chi connectivity index (χ1n) is 14.7. The number of anilines is 2. The first kappa shape index (κ1) is 29.8. The number of aromatic nitrogens is 10. The fourth-order valence-electron chi connectivity index (χ4n) is 5.27. The number of nitrogens with one attached hydrogen (secondary N) is 2. The van der Waals surface area contributed by atoms with Crippen molar-refractivity contribution in [2.75, 3.05) is 56.6 Å². The van der Waals surface area contributed by atoms with Gasteiger partial charge in [-0.3, -0.25) is 14.3 Å². The average Bonchev–Trinajstić information content (AvgIpc) is 3.81. The lowest BCUT2D eigenvalue weighted by atomic mass is 10.1. The molecule has 3 N–H and O–H groups in total. The SMILES string of the molecule is CCn1nnc([C@H]2O[C@@H](n3cnc4c(NCCN5CCOCC5)nc(NCCc5cn(C)cn5)nc43)[C@H](O)[C@@H]2OC(C)=O)n1. The summed E-state index contributed by atoms with van der Waals surface area (Å²) in [6, 6.07) is 0. The predicted molar refractivity (Wildman–Crippen MR) is 154 cm³/mol. The topological polar surface area (TPSA) is 197 Å². The molecule has 0 aromatic carbocycles. The molecule has 0 amide bonds. The van der Waals surface area contributed by atoms with E-state index in [4.69, 9.17) is 24.2 Å². The molecule has 44 heavy (non-hydrogen) atoms. The predicted octanol–water partition coefficient (Wildman–Crippen LogP) is -0.472. The Kier molecular flexibility index (Phi) is 8.91. The second kappa shape index (κ2) is 13.2. The van der Waals surface area contributed by atoms with Crippen LogP contribution in [0.2, 0.25) is 0 Å². The Morgan fingerprint density at radius 1 is 1.16 bits per heavy atom. The minimum atomic E-state index is -1.27. The summed E-state index contributed by atoms with van der Waals surface area (Å²) in [6.45, 7) is 8.79. The van der Waals surface area contributed by atoms with Gasteiger partial charge in [-0.25, -0.2) is 9.97 Å². The van der Waals surface area contributed by atoms with Crippen molar-refractivity contribution in [2.24, 2.45) is 7.05 Å². The van der Waals surface area contributed by atoms with Gasteiger partial charge in [-0.05, 0) is 12.1 Å². The van der Waals surface area contributed by atoms with Gasteiger partial charge >= 0.3 is 5.97 Å². The molecule has 2 fully saturated rings. The number of esters is 1. The summed E-state index contributed by atoms with van der Waals surface area (Å²) in [5, 5.41) is 30.5. The summed E-state index contributed by atoms with van der Waals surface area (Å²) in [5.74, 6) is 0.531. The number of imidazole rings is 2. The number of ether oxygens (including phenoxy) is 3. The molecule has 6 rings (SSSR count). The third-order valence-electron chi connectivity index (χ3n) is 7.46. The Labute approximate surface area is 252 Å². The van der Waals surface area contributed by atoms with Gasteiger partial charge in [0.15, 0.2) is 35.4 Å². The van der Waals surface area contributed by atoms with Gasteiger partial charge in [0.25, 0.3) is 0 Å². The molecule has 0 aliphatic carbocycles. The van der Waals surface area contributed by atoms with Gasteiger partial charge < -0.3 is 34.5 Å². The minimum absolute atomic E-state index is 0.195. The normalized spacial score (nSPS) is 22.5. The largest absolute Gasteiger partial charge is 0.456 e. The summed E-state index contributed by atoms with van der Waals surface area (Å²) in [6.07, 6.45) is 1.60. The van der Waals surface area contributed by atoms with Crippen LogP contribution >= 0.6 is 0 Å². The molecule has 0 radical (unpaired) electrons. The number of nitrogens with zero attached hydrogens (tertiary/aromatic N) is 11. The molecule has 2 aliphatic heterocycles. The summed E-state index contributed by atoms with van der Waals surface area (Å²) < 4.78 is 20.7. The van der Waals surface area contributed by atoms with E-state index in [1.54, 1.807) is 10.9 Å². The molecular weight excluding hydrogens is 574 g/mol. The van der Waals surface area contributed by atoms with Crippen LogP contribution in [-0.4, -0.2) is 123 Å². The lowest BCUT2D eigenvalue weighted by Crippen LogP contribution is -2.39. The Balaban J connectivity index is 1.28. The van der Waals surface area contributed by atoms with Gasteiger partial charge in [0.2, 0.25) is 11.8 Å². The Hall–Kier alpha value is -4.26. The van der Waals surface area contributed by atoms with E-state index in [9.17, 15) is 9.90 Å². The van der Waals surface area contributed by atoms with Gasteiger partial charge in [0.05, 0.1) is 38.1 Å². The molecule has 0 spiro atoms. The van der Waals surface area contributed by atoms with Crippen LogP contribution in [0.1, 0.15) is 37.7 Å². The Morgan fingerprint density at radius 2 is 2.00 bits per heavy atom. The van der Waals surface area contributed by atoms with Crippen LogP contribution in [0, 0.1) is 0 Å². The van der Waals surface area contributed by atoms with Crippen molar-refractivity contribution < 1.29 is 24.1 Å². The zero-order chi connectivity index (χ0) is 30.6. The van der Waals surface area contributed by atoms with Crippen molar-refractivity contribution in [3.63, 3.8) is 0 Å². The number of fused-ring (bicyclic) bond motifs is 1. The third kappa shape index (κ3) is 6.47. The lowest BCUT2D eigenvalue weighted by Gasteiger charge is -2.26. The lowest BCUT2D eigenvalue weighted by molar-refractivity contribution is -0.153. The number of carbonyl (C=O) groups excluding carboxylic acids is 1. The molecule has 4 aromatic heterocycles. The molecule has 0 unspecified atom stereocenters. The van der Waals surface area contributed by atoms with Gasteiger partial charge in [0, 0.05) is 59.3 Å². The minimum Gasteiger partial charge on any atom is -0.456 e. The molecule has 6 heterocycles. The van der Waals surface area contributed by atoms with Gasteiger partial charge in [-0.2, -0.15) is 14.8 Å². The van der Waals surface area contributed by atoms with Crippen molar-refractivity contribution in [1.29, 1.82) is 0 Å². The van der Waals surface area contributed by atoms with Crippen molar-refractivity contribution in [3.05, 3.63) is 30.4 Å². The number of hydrogen-bond acceptors (Lipinski definition) is 15. The fourth-order valence-corrected chi connectivity index (χ4v) is 5.27. The first-order valence-corrected chi connectivity index (χ1v) is 14.7. The zero-order valence-corrected chi connectivity index (χ0v) is 24.9. The molecule has 2 aliphatic rings. The maximum absolute atomic E-state index is 12.0. The summed E-state index contributed by atoms with van der Waals surface area (Å²) in [5.41, 5.74) is 1.86. The summed E-state index contributed by atoms with van der Waals surface area (Å²) in [4.78, 5) is 34.1. The molecule has 2 saturated heterocycles. The zero-order valence-electron chi connectivity index (χ0n) is 24.9. The van der Waals surface area contributed by atoms with E-state index in [2.05, 4.69) is 40.9 Å². The second-order valence-electron chi connectivity index (χ2n) is 10.7. The number of hydrogen-bond donors (Lipinski definition) is 3. The number of aryl methyl sites for hydroxylation is 2. The second-order valence-corrected chi connectivity index (χ2v) is 10.7. The average molecular weight is 612 g/mol. The maximum atomic E-state index is 12.0. The van der Waals surface area contributed by atoms with Crippen LogP contribution in [0.3, 0.4) is 0 Å². The number of rotatable bonds is 12. The van der Waals surface area contributed by atoms with E-state index in [1.807, 2.05) is 24.7 Å². The molecule has 4 aromatic rings. The fraction of sp³-hybridized carbons (Fsp3) is 0.615. The highest BCUT2D eigenvalue weighted by molar-refractivity contribution is 5.84. The standard InChI is InChI=1S/C26H37N13O5/c1-4-39-34-23(33-35-39)21-20(43-16(2)40)19(41)25(44-21)38-15-30-18-22(27-7-8-37-9-11-42-12-10-37)31-26(32-24(18)38)28-6-5-17-13-36(3)14-29-17/h13-15,19-21,25,41H,4-12H2,1-3H3,(H2,27,28,31,32)/t19-,20+,21+,25-/m1/s1. The number of morpholine rings is 1. The molecule has 4 atom stereocenters. The highest BCUT2D eigenvalue weighted by atomic mass is 16.6. The number of aliphatic hydroxyl groups is 1. The van der Waals surface area contributed by atoms with Gasteiger partial charge in [-0.1, -0.05) is 0 Å². The smallest absolute Gasteiger partial charge is 0.303 e. The Morgan fingerprint density at radius 3 is 2.73 bits per heavy atom. The first-order chi connectivity index (χ1) is 21.4. The van der Waals surface area contributed by atoms with Gasteiger partial charge in [0.1, 0.15) is 6.10 Å². The van der Waals surface area contributed by atoms with Crippen LogP contribution in [0.5, 0.6) is 0 Å². The van der Waals surface area contributed by atoms with Crippen molar-refractivity contribution in [1.82, 2.24) is 54.2 Å². The van der Waals surface area contributed by atoms with Crippen LogP contribution < -0.4 is 10.6 Å². The van der Waals surface area contributed by atoms with E-state index >= 15 is 0 Å². The highest BCUT2D eigenvalue weighted by Crippen LogP contribution is 2.40. The van der Waals surface area contributed by atoms with E-state index < -0.39 is 30.5 Å². The van der Waals surface area contributed by atoms with E-state index in [-0.39, 0.29) is 5.82 Å². The van der Waals surface area contributed by atoms with Crippen molar-refractivity contribution >= 4 is 28.9 Å². The van der Waals surface area contributed by atoms with Crippen LogP contribution in [0.25, 0.3) is 11.2 Å². The monoisotopic (exact) mass is 611 g/mol. The molecular formula is C26H37N13O5. The number of carbonyl (C=O) groups is 1. The number of tetrazole rings is 1. The Bertz CT molecular complexity index is 1560.